The third kappa shape index (κ3) is 9.30. The Hall–Kier alpha value is -0.421. The molecule has 0 spiro atoms. The van der Waals surface area contributed by atoms with Crippen molar-refractivity contribution in [1.82, 2.24) is 0 Å². The number of aliphatic carboxylic acids is 1. The predicted molar refractivity (Wildman–Crippen MR) is 75.6 cm³/mol. The molecule has 0 heterocycles. The summed E-state index contributed by atoms with van der Waals surface area (Å²) in [5, 5.41) is 11.8. The number of hydrogen-bond acceptors (Lipinski definition) is 3. The van der Waals surface area contributed by atoms with E-state index in [0.29, 0.717) is 6.42 Å². The van der Waals surface area contributed by atoms with Crippen molar-refractivity contribution in [3.63, 3.8) is 0 Å². The summed E-state index contributed by atoms with van der Waals surface area (Å²) in [5.74, 6) is -1.78. The molecule has 17 heavy (non-hydrogen) atoms. The van der Waals surface area contributed by atoms with Gasteiger partial charge in [-0.15, -0.1) is 0 Å². The zero-order valence-corrected chi connectivity index (χ0v) is 14.1. The van der Waals surface area contributed by atoms with Gasteiger partial charge in [-0.2, -0.15) is 0 Å². The van der Waals surface area contributed by atoms with Crippen LogP contribution in [0.1, 0.15) is 5.56 Å². The third-order valence-corrected chi connectivity index (χ3v) is 2.09. The quantitative estimate of drug-likeness (QED) is 0.611. The second-order valence-corrected chi connectivity index (χ2v) is 13.1. The topological polar surface area (TPSA) is 40.1 Å². The number of thiocarbonyl (C=S) groups is 1. The van der Waals surface area contributed by atoms with E-state index in [1.165, 1.54) is 5.37 Å². The van der Waals surface area contributed by atoms with Gasteiger partial charge in [0.1, 0.15) is 0 Å². The molecular weight excluding hydrogens is 339 g/mol. The van der Waals surface area contributed by atoms with Crippen LogP contribution in [0.4, 0.5) is 0 Å². The summed E-state index contributed by atoms with van der Waals surface area (Å²) in [6.45, 7) is 0. The van der Waals surface area contributed by atoms with Crippen molar-refractivity contribution in [2.24, 2.45) is 5.92 Å². The Balaban J connectivity index is 0.000000557. The fourth-order valence-electron chi connectivity index (χ4n) is 1.06. The molecule has 0 aliphatic rings. The van der Waals surface area contributed by atoms with Crippen LogP contribution in [-0.4, -0.2) is 31.1 Å². The number of carboxylic acid groups (broad SMARTS) is 1. The molecule has 0 saturated carbocycles. The van der Waals surface area contributed by atoms with Crippen LogP contribution < -0.4 is 5.11 Å². The Morgan fingerprint density at radius 1 is 1.35 bits per heavy atom. The van der Waals surface area contributed by atoms with Crippen LogP contribution in [-0.2, 0) is 11.2 Å². The molecule has 1 aromatic rings. The van der Waals surface area contributed by atoms with E-state index >= 15 is 0 Å². The van der Waals surface area contributed by atoms with E-state index in [-0.39, 0.29) is 0 Å². The van der Waals surface area contributed by atoms with E-state index in [1.54, 1.807) is 0 Å². The molecule has 0 aromatic heterocycles. The molecule has 92 valence electrons. The van der Waals surface area contributed by atoms with Gasteiger partial charge in [-0.05, 0) is 17.4 Å². The molecule has 1 atom stereocenters. The number of carbonyl (C=O) groups is 1. The SMILES string of the molecule is O=C([O-])C(C=S)Cc1ccccc1.[CH3][Sn+]([CH3])[CH3]. The van der Waals surface area contributed by atoms with Crippen molar-refractivity contribution in [2.75, 3.05) is 0 Å². The van der Waals surface area contributed by atoms with Crippen LogP contribution in [0, 0.1) is 5.92 Å². The minimum atomic E-state index is -1.11. The Morgan fingerprint density at radius 2 is 1.82 bits per heavy atom. The maximum absolute atomic E-state index is 10.5. The first-order chi connectivity index (χ1) is 7.97. The normalized spacial score (nSPS) is 10.8. The van der Waals surface area contributed by atoms with Gasteiger partial charge in [0.05, 0.1) is 0 Å². The molecule has 0 amide bonds. The molecule has 1 aromatic carbocycles. The second-order valence-electron chi connectivity index (χ2n) is 4.25. The first kappa shape index (κ1) is 16.6. The van der Waals surface area contributed by atoms with Gasteiger partial charge in [-0.25, -0.2) is 0 Å². The molecule has 4 heteroatoms. The van der Waals surface area contributed by atoms with Gasteiger partial charge in [0.15, 0.2) is 0 Å². The Kier molecular flexibility index (Phi) is 9.35. The number of rotatable bonds is 4. The van der Waals surface area contributed by atoms with Gasteiger partial charge in [0, 0.05) is 11.9 Å². The molecule has 0 N–H and O–H groups in total. The van der Waals surface area contributed by atoms with Crippen molar-refractivity contribution in [1.29, 1.82) is 0 Å². The fourth-order valence-corrected chi connectivity index (χ4v) is 1.26. The van der Waals surface area contributed by atoms with E-state index in [4.69, 9.17) is 0 Å². The summed E-state index contributed by atoms with van der Waals surface area (Å²) < 4.78 is 0. The molecular formula is C13H18O2SSn. The molecule has 0 fully saturated rings. The Morgan fingerprint density at radius 3 is 2.18 bits per heavy atom. The van der Waals surface area contributed by atoms with E-state index in [2.05, 4.69) is 27.0 Å². The van der Waals surface area contributed by atoms with E-state index in [1.807, 2.05) is 30.3 Å². The standard InChI is InChI=1S/C10H10O2S.3CH3.Sn/c11-10(12)9(7-13)6-8-4-2-1-3-5-8;;;;/h1-5,7,9H,6H2,(H,11,12);3*1H3;/q;;;;+1/p-1. The fraction of sp³-hybridized carbons (Fsp3) is 0.385. The van der Waals surface area contributed by atoms with Crippen LogP contribution in [0.2, 0.25) is 14.8 Å². The average molecular weight is 357 g/mol. The number of carboxylic acids is 1. The minimum absolute atomic E-state index is 0.409. The van der Waals surface area contributed by atoms with Crippen molar-refractivity contribution in [2.45, 2.75) is 21.2 Å². The zero-order chi connectivity index (χ0) is 13.3. The number of benzene rings is 1. The predicted octanol–water partition coefficient (Wildman–Crippen LogP) is 1.97. The van der Waals surface area contributed by atoms with E-state index in [0.717, 1.165) is 5.56 Å². The van der Waals surface area contributed by atoms with Gasteiger partial charge < -0.3 is 9.90 Å². The molecule has 0 bridgehead atoms. The van der Waals surface area contributed by atoms with Crippen LogP contribution in [0.5, 0.6) is 0 Å². The average Bonchev–Trinajstić information content (AvgIpc) is 2.26. The number of hydrogen-bond donors (Lipinski definition) is 0. The maximum atomic E-state index is 10.5. The van der Waals surface area contributed by atoms with E-state index < -0.39 is 31.6 Å². The summed E-state index contributed by atoms with van der Waals surface area (Å²) in [6.07, 6.45) is 0.409. The van der Waals surface area contributed by atoms with Gasteiger partial charge in [0.2, 0.25) is 0 Å². The van der Waals surface area contributed by atoms with Gasteiger partial charge in [0.25, 0.3) is 0 Å². The molecule has 1 unspecified atom stereocenters. The van der Waals surface area contributed by atoms with E-state index in [9.17, 15) is 9.90 Å². The summed E-state index contributed by atoms with van der Waals surface area (Å²) in [5.41, 5.74) is 0.956. The molecule has 2 nitrogen and oxygen atoms in total. The molecule has 0 saturated heterocycles. The summed E-state index contributed by atoms with van der Waals surface area (Å²) >= 11 is 4.06. The molecule has 1 rings (SSSR count). The summed E-state index contributed by atoms with van der Waals surface area (Å²) in [7, 11) is 0. The van der Waals surface area contributed by atoms with Gasteiger partial charge in [-0.3, -0.25) is 0 Å². The third-order valence-electron chi connectivity index (χ3n) is 1.77. The molecule has 0 aliphatic carbocycles. The number of carbonyl (C=O) groups excluding carboxylic acids is 1. The van der Waals surface area contributed by atoms with Crippen molar-refractivity contribution < 1.29 is 9.90 Å². The Bertz CT molecular complexity index is 336. The van der Waals surface area contributed by atoms with Crippen LogP contribution >= 0.6 is 12.2 Å². The molecule has 0 radical (unpaired) electrons. The molecule has 0 aliphatic heterocycles. The van der Waals surface area contributed by atoms with Gasteiger partial charge >= 0.3 is 34.6 Å². The summed E-state index contributed by atoms with van der Waals surface area (Å²) in [4.78, 5) is 17.6. The van der Waals surface area contributed by atoms with Crippen LogP contribution in [0.15, 0.2) is 30.3 Å². The Labute approximate surface area is 116 Å². The van der Waals surface area contributed by atoms with Gasteiger partial charge in [-0.1, -0.05) is 42.5 Å². The first-order valence-electron chi connectivity index (χ1n) is 5.44. The first-order valence-corrected chi connectivity index (χ1v) is 14.5. The van der Waals surface area contributed by atoms with Crippen LogP contribution in [0.25, 0.3) is 0 Å². The second kappa shape index (κ2) is 9.59. The monoisotopic (exact) mass is 358 g/mol. The van der Waals surface area contributed by atoms with Crippen LogP contribution in [0.3, 0.4) is 0 Å². The zero-order valence-electron chi connectivity index (χ0n) is 10.5. The van der Waals surface area contributed by atoms with Crippen molar-refractivity contribution in [3.05, 3.63) is 35.9 Å². The van der Waals surface area contributed by atoms with Crippen molar-refractivity contribution >= 4 is 43.3 Å². The van der Waals surface area contributed by atoms with Crippen molar-refractivity contribution in [3.8, 4) is 0 Å². The summed E-state index contributed by atoms with van der Waals surface area (Å²) in [6, 6.07) is 9.36.